The van der Waals surface area contributed by atoms with Gasteiger partial charge in [-0.2, -0.15) is 0 Å². The number of hydrogen-bond donors (Lipinski definition) is 0. The second-order valence-electron chi connectivity index (χ2n) is 32.9. The third kappa shape index (κ3) is 55.7. The summed E-state index contributed by atoms with van der Waals surface area (Å²) in [5.74, 6) is 9.26. The van der Waals surface area contributed by atoms with Gasteiger partial charge in [-0.1, -0.05) is 166 Å². The topological polar surface area (TPSA) is 41.6 Å². The van der Waals surface area contributed by atoms with Crippen molar-refractivity contribution in [3.05, 3.63) is 0 Å². The van der Waals surface area contributed by atoms with Gasteiger partial charge >= 0.3 is 0 Å². The van der Waals surface area contributed by atoms with Crippen molar-refractivity contribution in [1.82, 2.24) is 49.0 Å². The molecule has 11 nitrogen and oxygen atoms in total. The van der Waals surface area contributed by atoms with Crippen LogP contribution in [0.3, 0.4) is 0 Å². The zero-order valence-corrected chi connectivity index (χ0v) is 64.1. The fourth-order valence-electron chi connectivity index (χ4n) is 11.5. The van der Waals surface area contributed by atoms with Crippen LogP contribution in [0.4, 0.5) is 0 Å². The maximum atomic E-state index is 6.04. The van der Waals surface area contributed by atoms with Crippen LogP contribution < -0.4 is 0 Å². The maximum absolute atomic E-state index is 6.04. The Morgan fingerprint density at radius 3 is 0.517 bits per heavy atom. The van der Waals surface area contributed by atoms with Gasteiger partial charge in [0.25, 0.3) is 0 Å². The van der Waals surface area contributed by atoms with E-state index in [2.05, 4.69) is 215 Å². The summed E-state index contributed by atoms with van der Waals surface area (Å²) in [6.07, 6.45) is 10.4. The Kier molecular flexibility index (Phi) is 53.6. The lowest BCUT2D eigenvalue weighted by Gasteiger charge is -2.36. The van der Waals surface area contributed by atoms with Crippen LogP contribution in [0.2, 0.25) is 0 Å². The van der Waals surface area contributed by atoms with E-state index in [9.17, 15) is 0 Å². The molecule has 0 radical (unpaired) electrons. The van der Waals surface area contributed by atoms with Crippen molar-refractivity contribution >= 4 is 0 Å². The van der Waals surface area contributed by atoms with Crippen LogP contribution >= 0.6 is 0 Å². The molecular formula is C76H164N10O. The molecule has 0 saturated carbocycles. The third-order valence-corrected chi connectivity index (χ3v) is 17.6. The van der Waals surface area contributed by atoms with Gasteiger partial charge in [-0.3, -0.25) is 0 Å². The van der Waals surface area contributed by atoms with Crippen molar-refractivity contribution in [2.75, 3.05) is 210 Å². The number of ether oxygens (including phenoxy) is 1. The lowest BCUT2D eigenvalue weighted by atomic mass is 10.1. The van der Waals surface area contributed by atoms with E-state index in [1.807, 2.05) is 0 Å². The Morgan fingerprint density at radius 2 is 0.368 bits per heavy atom. The molecular weight excluding hydrogens is 1070 g/mol. The normalized spacial score (nSPS) is 18.0. The Hall–Kier alpha value is -0.440. The minimum atomic E-state index is 0.742. The molecule has 87 heavy (non-hydrogen) atoms. The SMILES string of the molecule is CC(C)CCN(CCOCCN(CCC(C)C)CCC(C)C)CCC(C)C.CC(C)CCN1CCN(CCC(C)C)CCN(CCC(C)C)CCN(CCC(C)C)CC1.CC(C)CN1CCN(CC(C)C)CCN(CC(C)C)CCN(CC(C)C)CC1. The zero-order chi connectivity index (χ0) is 65.7. The molecule has 2 heterocycles. The van der Waals surface area contributed by atoms with Gasteiger partial charge in [-0.25, -0.2) is 0 Å². The standard InChI is InChI=1S/C28H60N4.C24H52N4.C24H52N2O/c1-25(2)9-13-29-17-19-30(14-10-26(3)4)21-23-32(16-12-28(7)8)24-22-31(20-18-29)15-11-27(5)6;1-21(2)17-25-9-11-26(18-22(3)4)13-15-28(20-24(7)8)16-14-27(12-10-25)19-23(5)6;1-21(2)9-13-25(14-10-22(3)4)17-19-27-20-18-26(15-11-23(5)6)16-12-24(7)8/h25-28H,9-24H2,1-8H3;21-24H,9-20H2,1-8H3;21-24H,9-20H2,1-8H3. The fraction of sp³-hybridized carbons (Fsp3) is 1.00. The summed E-state index contributed by atoms with van der Waals surface area (Å²) < 4.78 is 6.04. The Balaban J connectivity index is 0.00000128. The van der Waals surface area contributed by atoms with Crippen LogP contribution in [0.5, 0.6) is 0 Å². The van der Waals surface area contributed by atoms with Gasteiger partial charge in [-0.05, 0) is 175 Å². The molecule has 0 amide bonds. The van der Waals surface area contributed by atoms with E-state index in [-0.39, 0.29) is 0 Å². The second kappa shape index (κ2) is 53.9. The average Bonchev–Trinajstić information content (AvgIpc) is 3.43. The summed E-state index contributed by atoms with van der Waals surface area (Å²) in [4.78, 5) is 27.2. The molecule has 0 aromatic carbocycles. The highest BCUT2D eigenvalue weighted by Crippen LogP contribution is 2.14. The van der Waals surface area contributed by atoms with E-state index in [0.29, 0.717) is 0 Å². The first kappa shape index (κ1) is 86.6. The monoisotopic (exact) mass is 1230 g/mol. The summed E-state index contributed by atoms with van der Waals surface area (Å²) in [5, 5.41) is 0. The van der Waals surface area contributed by atoms with Crippen molar-refractivity contribution in [2.45, 2.75) is 218 Å². The van der Waals surface area contributed by atoms with Gasteiger partial charge in [0, 0.05) is 144 Å². The van der Waals surface area contributed by atoms with Crippen molar-refractivity contribution < 1.29 is 4.74 Å². The molecule has 0 aliphatic carbocycles. The molecule has 0 unspecified atom stereocenters. The molecule has 2 saturated heterocycles. The molecule has 2 fully saturated rings. The van der Waals surface area contributed by atoms with Crippen LogP contribution in [0.15, 0.2) is 0 Å². The molecule has 11 heteroatoms. The highest BCUT2D eigenvalue weighted by Gasteiger charge is 2.21. The highest BCUT2D eigenvalue weighted by molar-refractivity contribution is 4.77. The van der Waals surface area contributed by atoms with Crippen molar-refractivity contribution in [1.29, 1.82) is 0 Å². The average molecular weight is 1230 g/mol. The highest BCUT2D eigenvalue weighted by atomic mass is 16.5. The van der Waals surface area contributed by atoms with Gasteiger partial charge < -0.3 is 53.7 Å². The predicted molar refractivity (Wildman–Crippen MR) is 390 cm³/mol. The minimum Gasteiger partial charge on any atom is -0.379 e. The van der Waals surface area contributed by atoms with Gasteiger partial charge in [0.2, 0.25) is 0 Å². The van der Waals surface area contributed by atoms with E-state index in [1.54, 1.807) is 0 Å². The van der Waals surface area contributed by atoms with Gasteiger partial charge in [0.1, 0.15) is 0 Å². The first-order valence-corrected chi connectivity index (χ1v) is 37.8. The molecule has 2 aliphatic heterocycles. The molecule has 0 atom stereocenters. The fourth-order valence-corrected chi connectivity index (χ4v) is 11.5. The molecule has 0 N–H and O–H groups in total. The number of nitrogens with zero attached hydrogens (tertiary/aromatic N) is 10. The first-order chi connectivity index (χ1) is 41.0. The van der Waals surface area contributed by atoms with Gasteiger partial charge in [-0.15, -0.1) is 0 Å². The van der Waals surface area contributed by atoms with Crippen LogP contribution in [0.25, 0.3) is 0 Å². The van der Waals surface area contributed by atoms with Gasteiger partial charge in [0.15, 0.2) is 0 Å². The zero-order valence-electron chi connectivity index (χ0n) is 64.1. The van der Waals surface area contributed by atoms with E-state index >= 15 is 0 Å². The van der Waals surface area contributed by atoms with Crippen molar-refractivity contribution in [2.24, 2.45) is 71.0 Å². The molecule has 0 spiro atoms. The van der Waals surface area contributed by atoms with Crippen LogP contribution in [-0.4, -0.2) is 259 Å². The van der Waals surface area contributed by atoms with Crippen LogP contribution in [0, 0.1) is 71.0 Å². The Bertz CT molecular complexity index is 1230. The summed E-state index contributed by atoms with van der Waals surface area (Å²) >= 11 is 0. The number of hydrogen-bond acceptors (Lipinski definition) is 11. The largest absolute Gasteiger partial charge is 0.379 e. The van der Waals surface area contributed by atoms with Crippen molar-refractivity contribution in [3.63, 3.8) is 0 Å². The molecule has 0 bridgehead atoms. The summed E-state index contributed by atoms with van der Waals surface area (Å²) in [6.45, 7) is 94.6. The van der Waals surface area contributed by atoms with E-state index in [1.165, 1.54) is 235 Å². The first-order valence-electron chi connectivity index (χ1n) is 37.8. The minimum absolute atomic E-state index is 0.742. The molecule has 2 rings (SSSR count). The summed E-state index contributed by atoms with van der Waals surface area (Å²) in [6, 6.07) is 0. The molecule has 524 valence electrons. The molecule has 0 aromatic heterocycles. The Labute approximate surface area is 549 Å². The molecule has 0 aromatic rings. The lowest BCUT2D eigenvalue weighted by Crippen LogP contribution is -2.48. The van der Waals surface area contributed by atoms with E-state index < -0.39 is 0 Å². The van der Waals surface area contributed by atoms with Gasteiger partial charge in [0.05, 0.1) is 13.2 Å². The third-order valence-electron chi connectivity index (χ3n) is 17.6. The quantitative estimate of drug-likeness (QED) is 0.0556. The second-order valence-corrected chi connectivity index (χ2v) is 32.9. The lowest BCUT2D eigenvalue weighted by molar-refractivity contribution is 0.0782. The summed E-state index contributed by atoms with van der Waals surface area (Å²) in [7, 11) is 0. The smallest absolute Gasteiger partial charge is 0.0594 e. The predicted octanol–water partition coefficient (Wildman–Crippen LogP) is 15.0. The van der Waals surface area contributed by atoms with Crippen LogP contribution in [-0.2, 0) is 4.74 Å². The van der Waals surface area contributed by atoms with Crippen molar-refractivity contribution in [3.8, 4) is 0 Å². The van der Waals surface area contributed by atoms with E-state index in [0.717, 1.165) is 97.3 Å². The molecule has 2 aliphatic rings. The Morgan fingerprint density at radius 1 is 0.207 bits per heavy atom. The maximum Gasteiger partial charge on any atom is 0.0594 e. The number of rotatable bonds is 38. The summed E-state index contributed by atoms with van der Waals surface area (Å²) in [5.41, 5.74) is 0. The van der Waals surface area contributed by atoms with E-state index in [4.69, 9.17) is 4.74 Å². The van der Waals surface area contributed by atoms with Crippen LogP contribution in [0.1, 0.15) is 218 Å².